The van der Waals surface area contributed by atoms with Gasteiger partial charge in [-0.15, -0.1) is 0 Å². The van der Waals surface area contributed by atoms with Gasteiger partial charge in [0.15, 0.2) is 0 Å². The minimum atomic E-state index is -1.26. The number of hydrogen-bond donors (Lipinski definition) is 5. The lowest BCUT2D eigenvalue weighted by molar-refractivity contribution is -0.137. The topological polar surface area (TPSA) is 202 Å². The van der Waals surface area contributed by atoms with Gasteiger partial charge in [0.25, 0.3) is 0 Å². The maximum Gasteiger partial charge on any atom is 0.328 e. The van der Waals surface area contributed by atoms with Crippen molar-refractivity contribution in [3.63, 3.8) is 0 Å². The van der Waals surface area contributed by atoms with E-state index >= 15 is 0 Å². The highest BCUT2D eigenvalue weighted by molar-refractivity contribution is 5.90. The maximum atomic E-state index is 13.3. The Kier molecular flexibility index (Phi) is 17.6. The fourth-order valence-electron chi connectivity index (χ4n) is 3.73. The summed E-state index contributed by atoms with van der Waals surface area (Å²) >= 11 is 0. The molecule has 1 fully saturated rings. The van der Waals surface area contributed by atoms with Crippen LogP contribution in [0.1, 0.15) is 23.7 Å². The number of nitrogens with zero attached hydrogens (tertiary/aromatic N) is 2. The van der Waals surface area contributed by atoms with E-state index in [1.165, 1.54) is 12.1 Å². The summed E-state index contributed by atoms with van der Waals surface area (Å²) in [5, 5.41) is 40.0. The fraction of sp³-hybridized carbons (Fsp3) is 0.300. The molecule has 44 heavy (non-hydrogen) atoms. The van der Waals surface area contributed by atoms with Crippen LogP contribution in [0.4, 0.5) is 4.39 Å². The average Bonchev–Trinajstić information content (AvgIpc) is 2.98. The summed E-state index contributed by atoms with van der Waals surface area (Å²) in [6, 6.07) is 16.4. The quantitative estimate of drug-likeness (QED) is 0.205. The molecule has 1 atom stereocenters. The Labute approximate surface area is 252 Å². The number of hydrogen-bond acceptors (Lipinski definition) is 8. The molecule has 0 aliphatic carbocycles. The van der Waals surface area contributed by atoms with E-state index in [9.17, 15) is 28.4 Å². The molecule has 1 heterocycles. The van der Waals surface area contributed by atoms with E-state index in [0.717, 1.165) is 43.9 Å². The van der Waals surface area contributed by atoms with Crippen LogP contribution in [-0.4, -0.2) is 111 Å². The first-order valence-electron chi connectivity index (χ1n) is 13.2. The average molecular weight is 619 g/mol. The molecule has 0 saturated carbocycles. The number of benzene rings is 2. The van der Waals surface area contributed by atoms with Gasteiger partial charge in [-0.1, -0.05) is 42.5 Å². The van der Waals surface area contributed by atoms with Crippen molar-refractivity contribution in [1.29, 1.82) is 0 Å². The molecule has 3 rings (SSSR count). The third-order valence-corrected chi connectivity index (χ3v) is 5.81. The molecule has 0 aromatic heterocycles. The Hall–Kier alpha value is -4.92. The Bertz CT molecular complexity index is 1190. The highest BCUT2D eigenvalue weighted by Crippen LogP contribution is 2.26. The second kappa shape index (κ2) is 20.9. The van der Waals surface area contributed by atoms with Crippen molar-refractivity contribution in [1.82, 2.24) is 9.80 Å². The van der Waals surface area contributed by atoms with Gasteiger partial charge < -0.3 is 35.2 Å². The van der Waals surface area contributed by atoms with Crippen molar-refractivity contribution in [2.75, 3.05) is 45.9 Å². The molecule has 1 aliphatic rings. The molecule has 2 aromatic carbocycles. The number of piperazine rings is 1. The monoisotopic (exact) mass is 618 g/mol. The zero-order valence-corrected chi connectivity index (χ0v) is 23.7. The molecule has 0 spiro atoms. The highest BCUT2D eigenvalue weighted by Gasteiger charge is 2.19. The van der Waals surface area contributed by atoms with E-state index in [4.69, 9.17) is 30.3 Å². The first-order valence-corrected chi connectivity index (χ1v) is 13.2. The molecule has 0 bridgehead atoms. The smallest absolute Gasteiger partial charge is 0.328 e. The molecule has 238 valence electrons. The van der Waals surface area contributed by atoms with Gasteiger partial charge in [0, 0.05) is 63.6 Å². The summed E-state index contributed by atoms with van der Waals surface area (Å²) in [6.45, 7) is 5.59. The molecular formula is C30H35FN2O11. The van der Waals surface area contributed by atoms with Crippen LogP contribution in [0.5, 0.6) is 0 Å². The minimum absolute atomic E-state index is 0.194. The van der Waals surface area contributed by atoms with Crippen LogP contribution in [0, 0.1) is 5.82 Å². The lowest BCUT2D eigenvalue weighted by Crippen LogP contribution is -2.47. The summed E-state index contributed by atoms with van der Waals surface area (Å²) in [4.78, 5) is 53.4. The molecule has 13 nitrogen and oxygen atoms in total. The van der Waals surface area contributed by atoms with Gasteiger partial charge in [0.1, 0.15) is 11.9 Å². The number of carboxylic acids is 5. The lowest BCUT2D eigenvalue weighted by Gasteiger charge is -2.34. The van der Waals surface area contributed by atoms with Gasteiger partial charge >= 0.3 is 29.8 Å². The molecular weight excluding hydrogens is 583 g/mol. The molecule has 2 aromatic rings. The summed E-state index contributed by atoms with van der Waals surface area (Å²) in [6.07, 6.45) is 2.20. The van der Waals surface area contributed by atoms with Gasteiger partial charge in [-0.3, -0.25) is 9.69 Å². The van der Waals surface area contributed by atoms with E-state index in [0.29, 0.717) is 37.5 Å². The van der Waals surface area contributed by atoms with Gasteiger partial charge in [-0.05, 0) is 23.3 Å². The normalized spacial score (nSPS) is 14.1. The van der Waals surface area contributed by atoms with Gasteiger partial charge in [0.05, 0.1) is 13.0 Å². The third-order valence-electron chi connectivity index (χ3n) is 5.81. The van der Waals surface area contributed by atoms with Crippen LogP contribution in [0.25, 0.3) is 0 Å². The Morgan fingerprint density at radius 1 is 0.659 bits per heavy atom. The third kappa shape index (κ3) is 17.8. The number of carbonyl (C=O) groups is 5. The first kappa shape index (κ1) is 37.1. The summed E-state index contributed by atoms with van der Waals surface area (Å²) < 4.78 is 19.5. The zero-order chi connectivity index (χ0) is 32.9. The number of rotatable bonds is 13. The van der Waals surface area contributed by atoms with Crippen LogP contribution < -0.4 is 0 Å². The Balaban J connectivity index is 0.000000498. The van der Waals surface area contributed by atoms with Crippen LogP contribution in [0.3, 0.4) is 0 Å². The molecule has 14 heteroatoms. The van der Waals surface area contributed by atoms with Crippen molar-refractivity contribution in [3.8, 4) is 0 Å². The van der Waals surface area contributed by atoms with Crippen LogP contribution in [0.2, 0.25) is 0 Å². The second-order valence-electron chi connectivity index (χ2n) is 9.06. The fourth-order valence-corrected chi connectivity index (χ4v) is 3.73. The molecule has 0 amide bonds. The predicted octanol–water partition coefficient (Wildman–Crippen LogP) is 2.45. The Morgan fingerprint density at radius 3 is 1.48 bits per heavy atom. The number of ether oxygens (including phenoxy) is 1. The summed E-state index contributed by atoms with van der Waals surface area (Å²) in [5.41, 5.74) is 1.98. The number of carboxylic acid groups (broad SMARTS) is 5. The predicted molar refractivity (Wildman–Crippen MR) is 155 cm³/mol. The van der Waals surface area contributed by atoms with Crippen LogP contribution >= 0.6 is 0 Å². The second-order valence-corrected chi connectivity index (χ2v) is 9.06. The standard InChI is InChI=1S/C22H27FN2O3.2C4H4O4/c23-20-8-6-19(7-9-20)22(18-4-2-1-3-5-18)28-17-16-25-14-12-24(13-15-25)11-10-21(26)27;2*5-3(6)1-2-4(7)8/h1-9,22H,10-17H2,(H,26,27);2*1-2H,(H,5,6)(H,7,8)/b;2*2-1-. The largest absolute Gasteiger partial charge is 0.481 e. The van der Waals surface area contributed by atoms with Crippen molar-refractivity contribution in [2.45, 2.75) is 12.5 Å². The number of halogens is 1. The van der Waals surface area contributed by atoms with Crippen LogP contribution in [0.15, 0.2) is 78.9 Å². The van der Waals surface area contributed by atoms with E-state index in [2.05, 4.69) is 9.80 Å². The van der Waals surface area contributed by atoms with Gasteiger partial charge in [-0.2, -0.15) is 0 Å². The van der Waals surface area contributed by atoms with Crippen molar-refractivity contribution >= 4 is 29.8 Å². The van der Waals surface area contributed by atoms with E-state index in [-0.39, 0.29) is 18.3 Å². The van der Waals surface area contributed by atoms with Gasteiger partial charge in [0.2, 0.25) is 0 Å². The maximum absolute atomic E-state index is 13.3. The van der Waals surface area contributed by atoms with Crippen LogP contribution in [-0.2, 0) is 28.7 Å². The van der Waals surface area contributed by atoms with Crippen molar-refractivity contribution in [2.24, 2.45) is 0 Å². The number of aliphatic carboxylic acids is 5. The summed E-state index contributed by atoms with van der Waals surface area (Å²) in [7, 11) is 0. The minimum Gasteiger partial charge on any atom is -0.481 e. The SMILES string of the molecule is O=C(O)/C=C\C(=O)O.O=C(O)/C=C\C(=O)O.O=C(O)CCN1CCN(CCOC(c2ccccc2)c2ccc(F)cc2)CC1. The molecule has 1 saturated heterocycles. The van der Waals surface area contributed by atoms with Crippen molar-refractivity contribution in [3.05, 3.63) is 95.8 Å². The molecule has 5 N–H and O–H groups in total. The lowest BCUT2D eigenvalue weighted by atomic mass is 10.0. The highest BCUT2D eigenvalue weighted by atomic mass is 19.1. The Morgan fingerprint density at radius 2 is 1.07 bits per heavy atom. The van der Waals surface area contributed by atoms with Gasteiger partial charge in [-0.25, -0.2) is 23.6 Å². The van der Waals surface area contributed by atoms with E-state index < -0.39 is 29.8 Å². The summed E-state index contributed by atoms with van der Waals surface area (Å²) in [5.74, 6) is -6.03. The van der Waals surface area contributed by atoms with E-state index in [1.54, 1.807) is 12.1 Å². The zero-order valence-electron chi connectivity index (χ0n) is 23.7. The molecule has 1 aliphatic heterocycles. The molecule has 0 radical (unpaired) electrons. The first-order chi connectivity index (χ1) is 20.9. The van der Waals surface area contributed by atoms with Crippen molar-refractivity contribution < 1.29 is 58.6 Å². The molecule has 1 unspecified atom stereocenters. The van der Waals surface area contributed by atoms with E-state index in [1.807, 2.05) is 30.3 Å².